The summed E-state index contributed by atoms with van der Waals surface area (Å²) in [5.74, 6) is 1.38. The van der Waals surface area contributed by atoms with E-state index in [1.165, 1.54) is 43.2 Å². The maximum atomic E-state index is 10.7. The molecule has 0 aliphatic heterocycles. The lowest BCUT2D eigenvalue weighted by atomic mass is 9.79. The number of hydrogen-bond donors (Lipinski definition) is 2. The lowest BCUT2D eigenvalue weighted by molar-refractivity contribution is -0.118. The molecule has 3 nitrogen and oxygen atoms in total. The molecular weight excluding hydrogens is 260 g/mol. The molecule has 0 unspecified atom stereocenters. The van der Waals surface area contributed by atoms with Crippen LogP contribution in [-0.2, 0) is 17.6 Å². The quantitative estimate of drug-likeness (QED) is 0.810. The van der Waals surface area contributed by atoms with Crippen molar-refractivity contribution in [2.75, 3.05) is 6.54 Å². The Hall–Kier alpha value is -1.35. The van der Waals surface area contributed by atoms with E-state index in [1.54, 1.807) is 0 Å². The molecule has 4 N–H and O–H groups in total. The van der Waals surface area contributed by atoms with Crippen molar-refractivity contribution in [1.82, 2.24) is 0 Å². The highest BCUT2D eigenvalue weighted by atomic mass is 16.1. The van der Waals surface area contributed by atoms with Crippen molar-refractivity contribution in [2.24, 2.45) is 23.3 Å². The predicted molar refractivity (Wildman–Crippen MR) is 86.8 cm³/mol. The Labute approximate surface area is 128 Å². The highest BCUT2D eigenvalue weighted by Crippen LogP contribution is 2.30. The third-order valence-electron chi connectivity index (χ3n) is 4.74. The van der Waals surface area contributed by atoms with Crippen molar-refractivity contribution in [1.29, 1.82) is 0 Å². The zero-order chi connectivity index (χ0) is 15.1. The number of hydrogen-bond acceptors (Lipinski definition) is 2. The molecular formula is C18H28N2O. The first-order valence-electron chi connectivity index (χ1n) is 8.23. The number of rotatable bonds is 7. The molecule has 0 spiro atoms. The molecule has 0 aromatic heterocycles. The minimum Gasteiger partial charge on any atom is -0.370 e. The van der Waals surface area contributed by atoms with Crippen LogP contribution in [0.2, 0.25) is 0 Å². The molecule has 0 heterocycles. The second-order valence-electron chi connectivity index (χ2n) is 6.46. The van der Waals surface area contributed by atoms with Gasteiger partial charge in [0.1, 0.15) is 0 Å². The average Bonchev–Trinajstić information content (AvgIpc) is 2.49. The van der Waals surface area contributed by atoms with Gasteiger partial charge in [0, 0.05) is 6.42 Å². The van der Waals surface area contributed by atoms with Gasteiger partial charge in [0.25, 0.3) is 0 Å². The van der Waals surface area contributed by atoms with E-state index in [0.717, 1.165) is 31.2 Å². The minimum atomic E-state index is -0.209. The first kappa shape index (κ1) is 16.0. The fourth-order valence-electron chi connectivity index (χ4n) is 3.31. The maximum Gasteiger partial charge on any atom is 0.217 e. The van der Waals surface area contributed by atoms with Crippen molar-refractivity contribution in [3.63, 3.8) is 0 Å². The molecule has 1 amide bonds. The zero-order valence-electron chi connectivity index (χ0n) is 12.9. The average molecular weight is 288 g/mol. The highest BCUT2D eigenvalue weighted by Gasteiger charge is 2.20. The van der Waals surface area contributed by atoms with Crippen molar-refractivity contribution in [2.45, 2.75) is 51.4 Å². The van der Waals surface area contributed by atoms with Gasteiger partial charge < -0.3 is 11.5 Å². The van der Waals surface area contributed by atoms with Gasteiger partial charge in [0.2, 0.25) is 5.91 Å². The van der Waals surface area contributed by atoms with Gasteiger partial charge >= 0.3 is 0 Å². The zero-order valence-corrected chi connectivity index (χ0v) is 12.9. The number of nitrogens with two attached hydrogens (primary N) is 2. The van der Waals surface area contributed by atoms with Crippen LogP contribution in [0.15, 0.2) is 24.3 Å². The number of carbonyl (C=O) groups excluding carboxylic acids is 1. The van der Waals surface area contributed by atoms with Crippen LogP contribution in [0.5, 0.6) is 0 Å². The fourth-order valence-corrected chi connectivity index (χ4v) is 3.31. The fraction of sp³-hybridized carbons (Fsp3) is 0.611. The van der Waals surface area contributed by atoms with Crippen LogP contribution < -0.4 is 11.5 Å². The predicted octanol–water partition coefficient (Wildman–Crippen LogP) is 2.80. The highest BCUT2D eigenvalue weighted by molar-refractivity contribution is 5.73. The maximum absolute atomic E-state index is 10.7. The van der Waals surface area contributed by atoms with Crippen LogP contribution in [0, 0.1) is 11.8 Å². The van der Waals surface area contributed by atoms with Crippen LogP contribution in [0.4, 0.5) is 0 Å². The summed E-state index contributed by atoms with van der Waals surface area (Å²) in [5, 5.41) is 0. The number of amides is 1. The second kappa shape index (κ2) is 8.18. The van der Waals surface area contributed by atoms with E-state index in [1.807, 2.05) is 0 Å². The van der Waals surface area contributed by atoms with Crippen LogP contribution in [0.3, 0.4) is 0 Å². The first-order chi connectivity index (χ1) is 10.2. The third kappa shape index (κ3) is 5.50. The summed E-state index contributed by atoms with van der Waals surface area (Å²) in [6, 6.07) is 8.88. The van der Waals surface area contributed by atoms with Gasteiger partial charge in [0.15, 0.2) is 0 Å². The van der Waals surface area contributed by atoms with Gasteiger partial charge in [-0.15, -0.1) is 0 Å². The van der Waals surface area contributed by atoms with E-state index >= 15 is 0 Å². The van der Waals surface area contributed by atoms with Crippen molar-refractivity contribution in [3.8, 4) is 0 Å². The van der Waals surface area contributed by atoms with Gasteiger partial charge in [-0.05, 0) is 74.5 Å². The molecule has 1 saturated carbocycles. The number of primary amides is 1. The van der Waals surface area contributed by atoms with Gasteiger partial charge in [-0.25, -0.2) is 0 Å². The number of carbonyl (C=O) groups is 1. The molecule has 0 bridgehead atoms. The second-order valence-corrected chi connectivity index (χ2v) is 6.46. The molecule has 1 aromatic carbocycles. The van der Waals surface area contributed by atoms with E-state index in [-0.39, 0.29) is 5.91 Å². The van der Waals surface area contributed by atoms with Gasteiger partial charge in [-0.3, -0.25) is 4.79 Å². The van der Waals surface area contributed by atoms with Gasteiger partial charge in [-0.2, -0.15) is 0 Å². The summed E-state index contributed by atoms with van der Waals surface area (Å²) in [5.41, 5.74) is 13.6. The lowest BCUT2D eigenvalue weighted by Crippen LogP contribution is -2.22. The van der Waals surface area contributed by atoms with E-state index in [0.29, 0.717) is 6.42 Å². The summed E-state index contributed by atoms with van der Waals surface area (Å²) in [6.07, 6.45) is 8.69. The Kier molecular flexibility index (Phi) is 6.24. The first-order valence-corrected chi connectivity index (χ1v) is 8.23. The Morgan fingerprint density at radius 1 is 1.00 bits per heavy atom. The van der Waals surface area contributed by atoms with Crippen molar-refractivity contribution >= 4 is 5.91 Å². The molecule has 1 aromatic rings. The molecule has 1 aliphatic rings. The normalized spacial score (nSPS) is 22.1. The van der Waals surface area contributed by atoms with Gasteiger partial charge in [0.05, 0.1) is 0 Å². The Bertz CT molecular complexity index is 433. The lowest BCUT2D eigenvalue weighted by Gasteiger charge is -2.27. The summed E-state index contributed by atoms with van der Waals surface area (Å²) in [4.78, 5) is 10.7. The Morgan fingerprint density at radius 2 is 1.57 bits per heavy atom. The van der Waals surface area contributed by atoms with Crippen LogP contribution in [0.25, 0.3) is 0 Å². The smallest absolute Gasteiger partial charge is 0.217 e. The third-order valence-corrected chi connectivity index (χ3v) is 4.74. The van der Waals surface area contributed by atoms with Crippen LogP contribution in [-0.4, -0.2) is 12.5 Å². The standard InChI is InChI=1S/C18H28N2O/c19-13-17-10-8-16(9-11-17)12-15-6-4-14(5-7-15)2-1-3-18(20)21/h4-7,16-17H,1-3,8-13,19H2,(H2,20,21). The van der Waals surface area contributed by atoms with E-state index in [9.17, 15) is 4.79 Å². The molecule has 0 saturated heterocycles. The summed E-state index contributed by atoms with van der Waals surface area (Å²) in [6.45, 7) is 0.854. The number of benzene rings is 1. The molecule has 3 heteroatoms. The summed E-state index contributed by atoms with van der Waals surface area (Å²) >= 11 is 0. The van der Waals surface area contributed by atoms with E-state index < -0.39 is 0 Å². The topological polar surface area (TPSA) is 69.1 Å². The SMILES string of the molecule is NCC1CCC(Cc2ccc(CCCC(N)=O)cc2)CC1. The van der Waals surface area contributed by atoms with Gasteiger partial charge in [-0.1, -0.05) is 24.3 Å². The van der Waals surface area contributed by atoms with Crippen LogP contribution in [0.1, 0.15) is 49.7 Å². The monoisotopic (exact) mass is 288 g/mol. The Morgan fingerprint density at radius 3 is 2.14 bits per heavy atom. The molecule has 2 rings (SSSR count). The van der Waals surface area contributed by atoms with E-state index in [2.05, 4.69) is 24.3 Å². The largest absolute Gasteiger partial charge is 0.370 e. The number of aryl methyl sites for hydroxylation is 1. The van der Waals surface area contributed by atoms with Crippen molar-refractivity contribution in [3.05, 3.63) is 35.4 Å². The minimum absolute atomic E-state index is 0.209. The van der Waals surface area contributed by atoms with Crippen LogP contribution >= 0.6 is 0 Å². The van der Waals surface area contributed by atoms with Crippen molar-refractivity contribution < 1.29 is 4.79 Å². The molecule has 0 atom stereocenters. The molecule has 21 heavy (non-hydrogen) atoms. The summed E-state index contributed by atoms with van der Waals surface area (Å²) < 4.78 is 0. The summed E-state index contributed by atoms with van der Waals surface area (Å²) in [7, 11) is 0. The Balaban J connectivity index is 1.76. The molecule has 1 fully saturated rings. The molecule has 0 radical (unpaired) electrons. The molecule has 116 valence electrons. The van der Waals surface area contributed by atoms with E-state index in [4.69, 9.17) is 11.5 Å². The molecule has 1 aliphatic carbocycles.